The van der Waals surface area contributed by atoms with Crippen molar-refractivity contribution in [3.63, 3.8) is 0 Å². The maximum absolute atomic E-state index is 13.8. The highest BCUT2D eigenvalue weighted by molar-refractivity contribution is 7.89. The number of ether oxygens (including phenoxy) is 3. The van der Waals surface area contributed by atoms with Crippen LogP contribution in [0.2, 0.25) is 0 Å². The Kier molecular flexibility index (Phi) is 7.10. The van der Waals surface area contributed by atoms with Gasteiger partial charge >= 0.3 is 5.97 Å². The lowest BCUT2D eigenvalue weighted by Crippen LogP contribution is -2.51. The standard InChI is InChI=1S/C23H35N3O7S/c1-5-31-22(28)19-16(2)24(4)17(3)20(19)34(29,30)26-10-6-7-18(15-26)21(27)25-11-8-23(9-12-25)32-13-14-33-23/h18H,5-15H2,1-4H3. The summed E-state index contributed by atoms with van der Waals surface area (Å²) in [7, 11) is -2.27. The Labute approximate surface area is 201 Å². The molecule has 1 aromatic rings. The van der Waals surface area contributed by atoms with Crippen molar-refractivity contribution in [3.05, 3.63) is 17.0 Å². The van der Waals surface area contributed by atoms with Gasteiger partial charge in [0, 0.05) is 57.5 Å². The summed E-state index contributed by atoms with van der Waals surface area (Å²) in [5, 5.41) is 0. The van der Waals surface area contributed by atoms with Gasteiger partial charge in [-0.1, -0.05) is 0 Å². The number of likely N-dealkylation sites (tertiary alicyclic amines) is 1. The van der Waals surface area contributed by atoms with Crippen molar-refractivity contribution in [1.29, 1.82) is 0 Å². The third-order valence-electron chi connectivity index (χ3n) is 7.38. The first-order valence-corrected chi connectivity index (χ1v) is 13.4. The first-order chi connectivity index (χ1) is 16.1. The fraction of sp³-hybridized carbons (Fsp3) is 0.739. The second-order valence-corrected chi connectivity index (χ2v) is 11.2. The quantitative estimate of drug-likeness (QED) is 0.569. The van der Waals surface area contributed by atoms with E-state index in [4.69, 9.17) is 14.2 Å². The van der Waals surface area contributed by atoms with Crippen molar-refractivity contribution >= 4 is 21.9 Å². The number of carbonyl (C=O) groups is 2. The molecule has 3 saturated heterocycles. The van der Waals surface area contributed by atoms with Crippen LogP contribution in [0.3, 0.4) is 0 Å². The van der Waals surface area contributed by atoms with Crippen LogP contribution >= 0.6 is 0 Å². The van der Waals surface area contributed by atoms with Gasteiger partial charge in [0.15, 0.2) is 5.79 Å². The van der Waals surface area contributed by atoms with Gasteiger partial charge in [0.1, 0.15) is 10.5 Å². The minimum atomic E-state index is -4.00. The van der Waals surface area contributed by atoms with Gasteiger partial charge in [-0.25, -0.2) is 13.2 Å². The van der Waals surface area contributed by atoms with Crippen molar-refractivity contribution in [2.75, 3.05) is 46.0 Å². The van der Waals surface area contributed by atoms with E-state index in [2.05, 4.69) is 0 Å². The molecule has 3 aliphatic heterocycles. The van der Waals surface area contributed by atoms with E-state index < -0.39 is 27.7 Å². The zero-order valence-electron chi connectivity index (χ0n) is 20.5. The monoisotopic (exact) mass is 497 g/mol. The Bertz CT molecular complexity index is 1050. The van der Waals surface area contributed by atoms with Gasteiger partial charge < -0.3 is 23.7 Å². The van der Waals surface area contributed by atoms with Gasteiger partial charge in [0.2, 0.25) is 15.9 Å². The smallest absolute Gasteiger partial charge is 0.341 e. The number of rotatable bonds is 5. The predicted octanol–water partition coefficient (Wildman–Crippen LogP) is 1.58. The molecule has 1 amide bonds. The lowest BCUT2D eigenvalue weighted by Gasteiger charge is -2.40. The molecule has 3 aliphatic rings. The van der Waals surface area contributed by atoms with Crippen LogP contribution < -0.4 is 0 Å². The second-order valence-electron chi connectivity index (χ2n) is 9.29. The van der Waals surface area contributed by atoms with Crippen molar-refractivity contribution in [3.8, 4) is 0 Å². The second kappa shape index (κ2) is 9.60. The molecule has 34 heavy (non-hydrogen) atoms. The molecule has 4 rings (SSSR count). The fourth-order valence-corrected chi connectivity index (χ4v) is 7.28. The van der Waals surface area contributed by atoms with E-state index in [-0.39, 0.29) is 29.5 Å². The third-order valence-corrected chi connectivity index (χ3v) is 9.41. The molecule has 11 heteroatoms. The van der Waals surface area contributed by atoms with Crippen LogP contribution in [0, 0.1) is 19.8 Å². The van der Waals surface area contributed by atoms with Crippen LogP contribution in [-0.4, -0.2) is 85.9 Å². The summed E-state index contributed by atoms with van der Waals surface area (Å²) in [5.74, 6) is -1.66. The molecule has 10 nitrogen and oxygen atoms in total. The first kappa shape index (κ1) is 25.2. The minimum Gasteiger partial charge on any atom is -0.462 e. The summed E-state index contributed by atoms with van der Waals surface area (Å²) < 4.78 is 47.2. The van der Waals surface area contributed by atoms with Gasteiger partial charge in [-0.05, 0) is 33.6 Å². The number of piperidine rings is 2. The molecule has 1 spiro atoms. The highest BCUT2D eigenvalue weighted by Gasteiger charge is 2.43. The number of sulfonamides is 1. The summed E-state index contributed by atoms with van der Waals surface area (Å²) >= 11 is 0. The van der Waals surface area contributed by atoms with E-state index in [0.29, 0.717) is 69.9 Å². The van der Waals surface area contributed by atoms with Crippen LogP contribution in [0.1, 0.15) is 54.4 Å². The van der Waals surface area contributed by atoms with Crippen LogP contribution in [0.15, 0.2) is 4.90 Å². The first-order valence-electron chi connectivity index (χ1n) is 12.0. The molecule has 0 bridgehead atoms. The maximum atomic E-state index is 13.8. The van der Waals surface area contributed by atoms with E-state index in [1.54, 1.807) is 37.3 Å². The number of esters is 1. The summed E-state index contributed by atoms with van der Waals surface area (Å²) in [4.78, 5) is 27.7. The molecule has 190 valence electrons. The molecular formula is C23H35N3O7S. The predicted molar refractivity (Wildman–Crippen MR) is 123 cm³/mol. The lowest BCUT2D eigenvalue weighted by atomic mass is 9.96. The number of carbonyl (C=O) groups excluding carboxylic acids is 2. The Morgan fingerprint density at radius 2 is 1.74 bits per heavy atom. The van der Waals surface area contributed by atoms with E-state index >= 15 is 0 Å². The van der Waals surface area contributed by atoms with Crippen molar-refractivity contribution < 1.29 is 32.2 Å². The normalized spacial score (nSPS) is 23.4. The van der Waals surface area contributed by atoms with Gasteiger partial charge in [0.25, 0.3) is 0 Å². The van der Waals surface area contributed by atoms with Crippen LogP contribution in [-0.2, 0) is 36.1 Å². The largest absolute Gasteiger partial charge is 0.462 e. The van der Waals surface area contributed by atoms with Crippen LogP contribution in [0.25, 0.3) is 0 Å². The number of amides is 1. The van der Waals surface area contributed by atoms with Crippen molar-refractivity contribution in [1.82, 2.24) is 13.8 Å². The molecule has 4 heterocycles. The zero-order chi connectivity index (χ0) is 24.7. The Morgan fingerprint density at radius 3 is 2.35 bits per heavy atom. The number of nitrogens with zero attached hydrogens (tertiary/aromatic N) is 3. The van der Waals surface area contributed by atoms with Crippen molar-refractivity contribution in [2.24, 2.45) is 13.0 Å². The van der Waals surface area contributed by atoms with Crippen LogP contribution in [0.4, 0.5) is 0 Å². The number of aromatic nitrogens is 1. The lowest BCUT2D eigenvalue weighted by molar-refractivity contribution is -0.188. The molecule has 3 fully saturated rings. The van der Waals surface area contributed by atoms with Gasteiger partial charge in [-0.15, -0.1) is 0 Å². The molecule has 1 unspecified atom stereocenters. The SMILES string of the molecule is CCOC(=O)c1c(S(=O)(=O)N2CCCC(C(=O)N3CCC4(CC3)OCCO4)C2)c(C)n(C)c1C. The van der Waals surface area contributed by atoms with Gasteiger partial charge in [-0.3, -0.25) is 4.79 Å². The molecule has 0 N–H and O–H groups in total. The summed E-state index contributed by atoms with van der Waals surface area (Å²) in [6.07, 6.45) is 2.47. The summed E-state index contributed by atoms with van der Waals surface area (Å²) in [5.41, 5.74) is 1.10. The van der Waals surface area contributed by atoms with E-state index in [0.717, 1.165) is 0 Å². The molecule has 0 aliphatic carbocycles. The fourth-order valence-electron chi connectivity index (χ4n) is 5.28. The topological polar surface area (TPSA) is 107 Å². The number of hydrogen-bond donors (Lipinski definition) is 0. The van der Waals surface area contributed by atoms with E-state index in [9.17, 15) is 18.0 Å². The van der Waals surface area contributed by atoms with Gasteiger partial charge in [-0.2, -0.15) is 4.31 Å². The van der Waals surface area contributed by atoms with E-state index in [1.165, 1.54) is 4.31 Å². The Hall–Kier alpha value is -1.95. The zero-order valence-corrected chi connectivity index (χ0v) is 21.3. The molecule has 0 radical (unpaired) electrons. The average Bonchev–Trinajstić information content (AvgIpc) is 3.37. The third kappa shape index (κ3) is 4.38. The molecular weight excluding hydrogens is 462 g/mol. The highest BCUT2D eigenvalue weighted by Crippen LogP contribution is 2.34. The molecule has 1 atom stereocenters. The van der Waals surface area contributed by atoms with Gasteiger partial charge in [0.05, 0.1) is 25.7 Å². The highest BCUT2D eigenvalue weighted by atomic mass is 32.2. The Balaban J connectivity index is 1.52. The maximum Gasteiger partial charge on any atom is 0.341 e. The van der Waals surface area contributed by atoms with Crippen molar-refractivity contribution in [2.45, 2.75) is 57.1 Å². The minimum absolute atomic E-state index is 0.0190. The molecule has 1 aromatic heterocycles. The number of hydrogen-bond acceptors (Lipinski definition) is 7. The molecule has 0 saturated carbocycles. The van der Waals surface area contributed by atoms with E-state index in [1.807, 2.05) is 0 Å². The van der Waals surface area contributed by atoms with Crippen LogP contribution in [0.5, 0.6) is 0 Å². The summed E-state index contributed by atoms with van der Waals surface area (Å²) in [6, 6.07) is 0. The molecule has 0 aromatic carbocycles. The Morgan fingerprint density at radius 1 is 1.09 bits per heavy atom. The average molecular weight is 498 g/mol. The summed E-state index contributed by atoms with van der Waals surface area (Å²) in [6.45, 7) is 7.87.